The van der Waals surface area contributed by atoms with Crippen LogP contribution in [-0.4, -0.2) is 39.7 Å². The Morgan fingerprint density at radius 2 is 1.50 bits per heavy atom. The van der Waals surface area contributed by atoms with E-state index in [2.05, 4.69) is 4.72 Å². The molecule has 0 amide bonds. The molecule has 3 rings (SSSR count). The lowest BCUT2D eigenvalue weighted by Gasteiger charge is -2.28. The molecule has 0 radical (unpaired) electrons. The van der Waals surface area contributed by atoms with E-state index in [1.54, 1.807) is 38.1 Å². The molecule has 1 aromatic rings. The Morgan fingerprint density at radius 3 is 2.06 bits per heavy atom. The minimum absolute atomic E-state index is 0.0145. The van der Waals surface area contributed by atoms with Crippen molar-refractivity contribution in [2.75, 3.05) is 5.75 Å². The van der Waals surface area contributed by atoms with Crippen LogP contribution in [0.3, 0.4) is 0 Å². The summed E-state index contributed by atoms with van der Waals surface area (Å²) in [6.45, 7) is 3.43. The Kier molecular flexibility index (Phi) is 8.55. The van der Waals surface area contributed by atoms with Gasteiger partial charge in [-0.15, -0.1) is 0 Å². The van der Waals surface area contributed by atoms with Gasteiger partial charge >= 0.3 is 0 Å². The van der Waals surface area contributed by atoms with Crippen LogP contribution in [-0.2, 0) is 31.1 Å². The third-order valence-corrected chi connectivity index (χ3v) is 10.9. The van der Waals surface area contributed by atoms with E-state index in [0.717, 1.165) is 56.9 Å². The molecule has 0 unspecified atom stereocenters. The third-order valence-electron chi connectivity index (χ3n) is 7.03. The Labute approximate surface area is 193 Å². The molecule has 2 fully saturated rings. The van der Waals surface area contributed by atoms with Crippen molar-refractivity contribution in [3.8, 4) is 0 Å². The van der Waals surface area contributed by atoms with Crippen LogP contribution in [0.15, 0.2) is 29.2 Å². The summed E-state index contributed by atoms with van der Waals surface area (Å²) in [6.07, 6.45) is 8.35. The summed E-state index contributed by atoms with van der Waals surface area (Å²) in [7, 11) is -6.59. The van der Waals surface area contributed by atoms with Crippen molar-refractivity contribution in [1.82, 2.24) is 4.72 Å². The highest BCUT2D eigenvalue weighted by atomic mass is 32.2. The van der Waals surface area contributed by atoms with Crippen LogP contribution < -0.4 is 4.72 Å². The van der Waals surface area contributed by atoms with Gasteiger partial charge in [-0.25, -0.2) is 21.6 Å². The number of hydrogen-bond donors (Lipinski definition) is 1. The minimum Gasteiger partial charge on any atom is -0.299 e. The second-order valence-electron chi connectivity index (χ2n) is 9.84. The van der Waals surface area contributed by atoms with Crippen molar-refractivity contribution in [2.24, 2.45) is 11.8 Å². The van der Waals surface area contributed by atoms with E-state index in [0.29, 0.717) is 0 Å². The molecule has 2 aliphatic carbocycles. The van der Waals surface area contributed by atoms with Crippen LogP contribution >= 0.6 is 0 Å². The van der Waals surface area contributed by atoms with Crippen LogP contribution in [0.2, 0.25) is 0 Å². The van der Waals surface area contributed by atoms with Crippen LogP contribution in [0.25, 0.3) is 0 Å². The number of Topliss-reactive ketones (excluding diaryl/α,β-unsaturated/α-hetero) is 1. The van der Waals surface area contributed by atoms with Crippen molar-refractivity contribution in [2.45, 2.75) is 94.2 Å². The molecular weight excluding hydrogens is 446 g/mol. The maximum atomic E-state index is 12.8. The lowest BCUT2D eigenvalue weighted by atomic mass is 9.79. The second kappa shape index (κ2) is 10.8. The molecule has 2 aliphatic rings. The average Bonchev–Trinajstić information content (AvgIpc) is 2.74. The van der Waals surface area contributed by atoms with Gasteiger partial charge in [0.1, 0.15) is 5.78 Å². The number of hydrogen-bond acceptors (Lipinski definition) is 5. The molecule has 0 atom stereocenters. The third kappa shape index (κ3) is 6.87. The first-order valence-electron chi connectivity index (χ1n) is 11.9. The van der Waals surface area contributed by atoms with Gasteiger partial charge in [0.2, 0.25) is 10.0 Å². The van der Waals surface area contributed by atoms with Gasteiger partial charge in [-0.3, -0.25) is 4.79 Å². The number of ketones is 1. The van der Waals surface area contributed by atoms with E-state index in [4.69, 9.17) is 0 Å². The summed E-state index contributed by atoms with van der Waals surface area (Å²) in [5, 5.41) is -0.355. The van der Waals surface area contributed by atoms with Gasteiger partial charge in [0.15, 0.2) is 9.84 Å². The second-order valence-corrected chi connectivity index (χ2v) is 14.2. The zero-order valence-electron chi connectivity index (χ0n) is 19.3. The van der Waals surface area contributed by atoms with E-state index < -0.39 is 19.9 Å². The molecule has 0 bridgehead atoms. The average molecular weight is 484 g/mol. The molecule has 0 saturated heterocycles. The van der Waals surface area contributed by atoms with Crippen LogP contribution in [0.4, 0.5) is 0 Å². The molecule has 1 aromatic carbocycles. The number of sulfonamides is 1. The molecule has 2 saturated carbocycles. The smallest absolute Gasteiger partial charge is 0.240 e. The largest absolute Gasteiger partial charge is 0.299 e. The molecule has 0 aliphatic heterocycles. The number of sulfone groups is 1. The van der Waals surface area contributed by atoms with Crippen molar-refractivity contribution >= 4 is 25.6 Å². The SMILES string of the molecule is CC(C)S(=O)(=O)CC1CCC(C(=O)Cc2ccc(S(=O)(=O)NC3CCCCC3)cc2)CC1. The van der Waals surface area contributed by atoms with E-state index >= 15 is 0 Å². The lowest BCUT2D eigenvalue weighted by molar-refractivity contribution is -0.123. The summed E-state index contributed by atoms with van der Waals surface area (Å²) in [6, 6.07) is 6.64. The molecule has 1 N–H and O–H groups in total. The Morgan fingerprint density at radius 1 is 0.906 bits per heavy atom. The van der Waals surface area contributed by atoms with Gasteiger partial charge in [0, 0.05) is 18.4 Å². The Balaban J connectivity index is 1.50. The number of carbonyl (C=O) groups excluding carboxylic acids is 1. The number of nitrogens with one attached hydrogen (secondary N) is 1. The topological polar surface area (TPSA) is 97.4 Å². The first-order chi connectivity index (χ1) is 15.1. The van der Waals surface area contributed by atoms with Gasteiger partial charge in [-0.05, 0) is 76.0 Å². The summed E-state index contributed by atoms with van der Waals surface area (Å²) >= 11 is 0. The van der Waals surface area contributed by atoms with Gasteiger partial charge in [0.05, 0.1) is 15.9 Å². The maximum absolute atomic E-state index is 12.8. The summed E-state index contributed by atoms with van der Waals surface area (Å²) in [5.74, 6) is 0.485. The maximum Gasteiger partial charge on any atom is 0.240 e. The predicted molar refractivity (Wildman–Crippen MR) is 127 cm³/mol. The molecule has 0 spiro atoms. The van der Waals surface area contributed by atoms with Crippen LogP contribution in [0.1, 0.15) is 77.2 Å². The minimum atomic E-state index is -3.54. The van der Waals surface area contributed by atoms with Gasteiger partial charge in [0.25, 0.3) is 0 Å². The fourth-order valence-electron chi connectivity index (χ4n) is 4.81. The first kappa shape index (κ1) is 25.4. The summed E-state index contributed by atoms with van der Waals surface area (Å²) in [4.78, 5) is 13.0. The van der Waals surface area contributed by atoms with E-state index in [-0.39, 0.29) is 46.0 Å². The number of rotatable bonds is 9. The Bertz CT molecular complexity index is 970. The molecule has 8 heteroatoms. The van der Waals surface area contributed by atoms with Crippen LogP contribution in [0, 0.1) is 11.8 Å². The molecule has 0 heterocycles. The summed E-state index contributed by atoms with van der Waals surface area (Å²) in [5.41, 5.74) is 0.816. The number of benzene rings is 1. The fraction of sp³-hybridized carbons (Fsp3) is 0.708. The number of carbonyl (C=O) groups is 1. The first-order valence-corrected chi connectivity index (χ1v) is 15.1. The molecule has 0 aromatic heterocycles. The van der Waals surface area contributed by atoms with Crippen LogP contribution in [0.5, 0.6) is 0 Å². The molecular formula is C24H37NO5S2. The van der Waals surface area contributed by atoms with Crippen molar-refractivity contribution in [3.63, 3.8) is 0 Å². The van der Waals surface area contributed by atoms with Crippen molar-refractivity contribution < 1.29 is 21.6 Å². The van der Waals surface area contributed by atoms with Gasteiger partial charge < -0.3 is 0 Å². The highest BCUT2D eigenvalue weighted by molar-refractivity contribution is 7.92. The van der Waals surface area contributed by atoms with Gasteiger partial charge in [-0.2, -0.15) is 0 Å². The van der Waals surface area contributed by atoms with E-state index in [1.165, 1.54) is 6.42 Å². The fourth-order valence-corrected chi connectivity index (χ4v) is 7.49. The summed E-state index contributed by atoms with van der Waals surface area (Å²) < 4.78 is 52.4. The highest BCUT2D eigenvalue weighted by Gasteiger charge is 2.30. The standard InChI is InChI=1S/C24H37NO5S2/c1-18(2)31(27,28)17-20-8-12-21(13-9-20)24(26)16-19-10-14-23(15-11-19)32(29,30)25-22-6-4-3-5-7-22/h10-11,14-15,18,20-22,25H,3-9,12-13,16-17H2,1-2H3. The predicted octanol–water partition coefficient (Wildman–Crippen LogP) is 4.04. The van der Waals surface area contributed by atoms with Crippen molar-refractivity contribution in [3.05, 3.63) is 29.8 Å². The molecule has 32 heavy (non-hydrogen) atoms. The van der Waals surface area contributed by atoms with E-state index in [9.17, 15) is 21.6 Å². The zero-order chi connectivity index (χ0) is 23.4. The molecule has 180 valence electrons. The normalized spacial score (nSPS) is 23.3. The quantitative estimate of drug-likeness (QED) is 0.572. The van der Waals surface area contributed by atoms with E-state index in [1.807, 2.05) is 0 Å². The van der Waals surface area contributed by atoms with Crippen molar-refractivity contribution in [1.29, 1.82) is 0 Å². The molecule has 6 nitrogen and oxygen atoms in total. The lowest BCUT2D eigenvalue weighted by Crippen LogP contribution is -2.36. The Hall–Kier alpha value is -1.25. The highest BCUT2D eigenvalue weighted by Crippen LogP contribution is 2.31. The zero-order valence-corrected chi connectivity index (χ0v) is 20.9. The van der Waals surface area contributed by atoms with Gasteiger partial charge in [-0.1, -0.05) is 31.4 Å². The monoisotopic (exact) mass is 483 g/mol.